The zero-order valence-electron chi connectivity index (χ0n) is 9.74. The molecule has 0 amide bonds. The molecule has 1 aromatic rings. The van der Waals surface area contributed by atoms with Crippen molar-refractivity contribution < 1.29 is 9.90 Å². The predicted octanol–water partition coefficient (Wildman–Crippen LogP) is 3.23. The molecular weight excluding hydrogens is 232 g/mol. The Morgan fingerprint density at radius 1 is 1.29 bits per heavy atom. The maximum atomic E-state index is 11.5. The van der Waals surface area contributed by atoms with Crippen LogP contribution in [0.1, 0.15) is 36.8 Å². The van der Waals surface area contributed by atoms with Crippen LogP contribution in [0.15, 0.2) is 23.1 Å². The highest BCUT2D eigenvalue weighted by Crippen LogP contribution is 2.45. The normalized spacial score (nSPS) is 21.4. The lowest BCUT2D eigenvalue weighted by molar-refractivity contribution is -0.147. The molecule has 90 valence electrons. The number of hydrogen-bond acceptors (Lipinski definition) is 2. The first kappa shape index (κ1) is 11.1. The molecule has 1 aliphatic carbocycles. The summed E-state index contributed by atoms with van der Waals surface area (Å²) in [5.74, 6) is 0.515. The topological polar surface area (TPSA) is 37.3 Å². The maximum absolute atomic E-state index is 11.5. The maximum Gasteiger partial charge on any atom is 0.314 e. The highest BCUT2D eigenvalue weighted by Gasteiger charge is 2.46. The third-order valence-corrected chi connectivity index (χ3v) is 5.27. The fourth-order valence-electron chi connectivity index (χ4n) is 2.79. The first-order valence-corrected chi connectivity index (χ1v) is 7.20. The van der Waals surface area contributed by atoms with Gasteiger partial charge >= 0.3 is 5.97 Å². The van der Waals surface area contributed by atoms with Gasteiger partial charge in [-0.15, -0.1) is 11.8 Å². The average molecular weight is 248 g/mol. The van der Waals surface area contributed by atoms with Crippen LogP contribution in [0.5, 0.6) is 0 Å². The Balaban J connectivity index is 2.01. The van der Waals surface area contributed by atoms with Crippen LogP contribution >= 0.6 is 11.8 Å². The van der Waals surface area contributed by atoms with Crippen molar-refractivity contribution in [1.82, 2.24) is 0 Å². The van der Waals surface area contributed by atoms with E-state index in [0.29, 0.717) is 0 Å². The average Bonchev–Trinajstić information content (AvgIpc) is 2.27. The number of fused-ring (bicyclic) bond motifs is 1. The van der Waals surface area contributed by atoms with Crippen LogP contribution < -0.4 is 0 Å². The number of carboxylic acid groups (broad SMARTS) is 1. The molecule has 1 aromatic carbocycles. The Hall–Kier alpha value is -0.960. The molecule has 0 bridgehead atoms. The summed E-state index contributed by atoms with van der Waals surface area (Å²) in [6, 6.07) is 6.31. The molecule has 0 spiro atoms. The fourth-order valence-corrected chi connectivity index (χ4v) is 3.87. The highest BCUT2D eigenvalue weighted by atomic mass is 32.2. The first-order chi connectivity index (χ1) is 8.22. The first-order valence-electron chi connectivity index (χ1n) is 6.22. The predicted molar refractivity (Wildman–Crippen MR) is 68.7 cm³/mol. The molecule has 3 rings (SSSR count). The van der Waals surface area contributed by atoms with Crippen molar-refractivity contribution in [3.05, 3.63) is 29.3 Å². The van der Waals surface area contributed by atoms with Crippen molar-refractivity contribution in [2.24, 2.45) is 0 Å². The second-order valence-corrected chi connectivity index (χ2v) is 6.15. The van der Waals surface area contributed by atoms with E-state index in [-0.39, 0.29) is 0 Å². The molecule has 0 radical (unpaired) electrons. The number of aliphatic carboxylic acids is 1. The lowest BCUT2D eigenvalue weighted by Gasteiger charge is -2.38. The van der Waals surface area contributed by atoms with Crippen molar-refractivity contribution >= 4 is 17.7 Å². The minimum absolute atomic E-state index is 0.576. The van der Waals surface area contributed by atoms with E-state index in [0.717, 1.165) is 37.0 Å². The molecule has 1 heterocycles. The van der Waals surface area contributed by atoms with Crippen LogP contribution in [0, 0.1) is 0 Å². The number of rotatable bonds is 2. The number of carboxylic acids is 1. The molecule has 1 saturated carbocycles. The lowest BCUT2D eigenvalue weighted by atomic mass is 9.64. The highest BCUT2D eigenvalue weighted by molar-refractivity contribution is 7.99. The molecule has 2 nitrogen and oxygen atoms in total. The number of carbonyl (C=O) groups is 1. The van der Waals surface area contributed by atoms with E-state index < -0.39 is 11.4 Å². The minimum Gasteiger partial charge on any atom is -0.481 e. The van der Waals surface area contributed by atoms with Gasteiger partial charge in [0.15, 0.2) is 0 Å². The van der Waals surface area contributed by atoms with Gasteiger partial charge in [0.2, 0.25) is 0 Å². The Morgan fingerprint density at radius 2 is 2.12 bits per heavy atom. The van der Waals surface area contributed by atoms with Crippen molar-refractivity contribution in [3.8, 4) is 0 Å². The zero-order valence-corrected chi connectivity index (χ0v) is 10.6. The van der Waals surface area contributed by atoms with Gasteiger partial charge in [0.1, 0.15) is 0 Å². The molecule has 0 atom stereocenters. The summed E-state index contributed by atoms with van der Waals surface area (Å²) in [6.07, 6.45) is 5.01. The van der Waals surface area contributed by atoms with Crippen LogP contribution in [-0.2, 0) is 16.6 Å². The van der Waals surface area contributed by atoms with E-state index >= 15 is 0 Å². The van der Waals surface area contributed by atoms with Gasteiger partial charge in [-0.05, 0) is 48.6 Å². The largest absolute Gasteiger partial charge is 0.481 e. The van der Waals surface area contributed by atoms with Gasteiger partial charge in [0.25, 0.3) is 0 Å². The van der Waals surface area contributed by atoms with Crippen LogP contribution in [0.3, 0.4) is 0 Å². The standard InChI is InChI=1S/C14H16O2S/c15-13(16)14(6-2-7-14)11-5-4-10-3-1-8-17-12(10)9-11/h4-5,9H,1-3,6-8H2,(H,15,16). The molecule has 0 saturated heterocycles. The molecular formula is C14H16O2S. The van der Waals surface area contributed by atoms with Gasteiger partial charge in [-0.2, -0.15) is 0 Å². The molecule has 1 N–H and O–H groups in total. The SMILES string of the molecule is O=C(O)C1(c2ccc3c(c2)SCCC3)CCC1. The lowest BCUT2D eigenvalue weighted by Crippen LogP contribution is -2.42. The molecule has 0 aromatic heterocycles. The van der Waals surface area contributed by atoms with Gasteiger partial charge in [-0.3, -0.25) is 4.79 Å². The van der Waals surface area contributed by atoms with Crippen molar-refractivity contribution in [2.75, 3.05) is 5.75 Å². The van der Waals surface area contributed by atoms with E-state index in [9.17, 15) is 9.90 Å². The van der Waals surface area contributed by atoms with E-state index in [1.54, 1.807) is 0 Å². The molecule has 2 aliphatic rings. The summed E-state index contributed by atoms with van der Waals surface area (Å²) in [5, 5.41) is 9.43. The summed E-state index contributed by atoms with van der Waals surface area (Å²) in [7, 11) is 0. The molecule has 1 fully saturated rings. The number of aryl methyl sites for hydroxylation is 1. The van der Waals surface area contributed by atoms with Crippen LogP contribution in [-0.4, -0.2) is 16.8 Å². The molecule has 17 heavy (non-hydrogen) atoms. The van der Waals surface area contributed by atoms with Gasteiger partial charge in [-0.25, -0.2) is 0 Å². The van der Waals surface area contributed by atoms with Gasteiger partial charge in [0, 0.05) is 4.90 Å². The smallest absolute Gasteiger partial charge is 0.314 e. The number of benzene rings is 1. The molecule has 3 heteroatoms. The monoisotopic (exact) mass is 248 g/mol. The Bertz CT molecular complexity index is 463. The van der Waals surface area contributed by atoms with Crippen molar-refractivity contribution in [2.45, 2.75) is 42.4 Å². The third-order valence-electron chi connectivity index (χ3n) is 4.08. The van der Waals surface area contributed by atoms with Crippen LogP contribution in [0.25, 0.3) is 0 Å². The number of hydrogen-bond donors (Lipinski definition) is 1. The van der Waals surface area contributed by atoms with Crippen molar-refractivity contribution in [1.29, 1.82) is 0 Å². The quantitative estimate of drug-likeness (QED) is 0.873. The van der Waals surface area contributed by atoms with E-state index in [4.69, 9.17) is 0 Å². The number of thioether (sulfide) groups is 1. The third kappa shape index (κ3) is 1.68. The molecule has 0 unspecified atom stereocenters. The Morgan fingerprint density at radius 3 is 2.76 bits per heavy atom. The van der Waals surface area contributed by atoms with Gasteiger partial charge in [-0.1, -0.05) is 18.6 Å². The minimum atomic E-state index is -0.649. The summed E-state index contributed by atoms with van der Waals surface area (Å²) < 4.78 is 0. The van der Waals surface area contributed by atoms with E-state index in [1.165, 1.54) is 16.9 Å². The Kier molecular flexibility index (Phi) is 2.66. The Labute approximate surface area is 105 Å². The summed E-state index contributed by atoms with van der Waals surface area (Å²) in [4.78, 5) is 12.8. The van der Waals surface area contributed by atoms with Crippen LogP contribution in [0.2, 0.25) is 0 Å². The summed E-state index contributed by atoms with van der Waals surface area (Å²) in [6.45, 7) is 0. The zero-order chi connectivity index (χ0) is 11.9. The van der Waals surface area contributed by atoms with Gasteiger partial charge in [0.05, 0.1) is 5.41 Å². The second-order valence-electron chi connectivity index (χ2n) is 5.02. The van der Waals surface area contributed by atoms with E-state index in [1.807, 2.05) is 17.8 Å². The van der Waals surface area contributed by atoms with Gasteiger partial charge < -0.3 is 5.11 Å². The fraction of sp³-hybridized carbons (Fsp3) is 0.500. The van der Waals surface area contributed by atoms with Crippen LogP contribution in [0.4, 0.5) is 0 Å². The van der Waals surface area contributed by atoms with E-state index in [2.05, 4.69) is 12.1 Å². The molecule has 1 aliphatic heterocycles. The summed E-state index contributed by atoms with van der Waals surface area (Å²) >= 11 is 1.87. The second kappa shape index (κ2) is 4.05. The summed E-state index contributed by atoms with van der Waals surface area (Å²) in [5.41, 5.74) is 1.84. The van der Waals surface area contributed by atoms with Crippen molar-refractivity contribution in [3.63, 3.8) is 0 Å².